The number of nitrogens with one attached hydrogen (secondary N) is 1. The van der Waals surface area contributed by atoms with Crippen LogP contribution in [0.15, 0.2) is 24.3 Å². The van der Waals surface area contributed by atoms with Gasteiger partial charge in [0.2, 0.25) is 0 Å². The van der Waals surface area contributed by atoms with Crippen LogP contribution in [0.2, 0.25) is 0 Å². The number of carbonyl (C=O) groups is 1. The van der Waals surface area contributed by atoms with E-state index >= 15 is 0 Å². The maximum absolute atomic E-state index is 11.1. The number of aliphatic hydroxyl groups is 4. The highest BCUT2D eigenvalue weighted by Crippen LogP contribution is 2.22. The summed E-state index contributed by atoms with van der Waals surface area (Å²) in [5.41, 5.74) is 1.07. The molecule has 1 heterocycles. The van der Waals surface area contributed by atoms with Gasteiger partial charge in [0.15, 0.2) is 18.3 Å². The molecule has 110 valence electrons. The van der Waals surface area contributed by atoms with Crippen molar-refractivity contribution >= 4 is 11.5 Å². The molecular weight excluding hydrogens is 266 g/mol. The normalized spacial score (nSPS) is 33.8. The third kappa shape index (κ3) is 2.97. The lowest BCUT2D eigenvalue weighted by Crippen LogP contribution is -2.59. The molecule has 0 unspecified atom stereocenters. The molecule has 0 aromatic heterocycles. The zero-order valence-electron chi connectivity index (χ0n) is 10.8. The van der Waals surface area contributed by atoms with Crippen molar-refractivity contribution < 1.29 is 30.0 Å². The molecule has 5 atom stereocenters. The van der Waals surface area contributed by atoms with E-state index in [0.29, 0.717) is 11.3 Å². The summed E-state index contributed by atoms with van der Waals surface area (Å²) in [5, 5.41) is 40.8. The quantitative estimate of drug-likeness (QED) is 0.454. The number of carbonyl (C=O) groups excluding carboxylic acids is 1. The first-order valence-corrected chi connectivity index (χ1v) is 6.15. The van der Waals surface area contributed by atoms with E-state index < -0.39 is 30.8 Å². The van der Waals surface area contributed by atoms with E-state index in [1.54, 1.807) is 24.3 Å². The van der Waals surface area contributed by atoms with Crippen molar-refractivity contribution in [3.8, 4) is 0 Å². The van der Waals surface area contributed by atoms with Gasteiger partial charge in [0.1, 0.15) is 18.3 Å². The Bertz CT molecular complexity index is 476. The van der Waals surface area contributed by atoms with E-state index in [2.05, 4.69) is 5.32 Å². The fraction of sp³-hybridized carbons (Fsp3) is 0.462. The SMILES string of the molecule is CC(=O)c1ccc(N[C@H]2O[C@@H](O)[C@H](O)[C@@H](O)[C@H]2O)cc1. The number of Topliss-reactive ketones (excluding diaryl/α,β-unsaturated/α-hetero) is 1. The minimum Gasteiger partial charge on any atom is -0.387 e. The predicted octanol–water partition coefficient (Wildman–Crippen LogP) is -0.942. The summed E-state index contributed by atoms with van der Waals surface area (Å²) in [6.07, 6.45) is -7.16. The Hall–Kier alpha value is -1.51. The fourth-order valence-corrected chi connectivity index (χ4v) is 1.95. The molecular formula is C13H17NO6. The number of benzene rings is 1. The molecule has 1 fully saturated rings. The van der Waals surface area contributed by atoms with Crippen LogP contribution in [-0.4, -0.2) is 57.0 Å². The van der Waals surface area contributed by atoms with Crippen LogP contribution >= 0.6 is 0 Å². The fourth-order valence-electron chi connectivity index (χ4n) is 1.95. The summed E-state index contributed by atoms with van der Waals surface area (Å²) in [4.78, 5) is 11.1. The van der Waals surface area contributed by atoms with Gasteiger partial charge in [-0.3, -0.25) is 4.79 Å². The molecule has 0 aliphatic carbocycles. The molecule has 1 aliphatic rings. The van der Waals surface area contributed by atoms with Crippen LogP contribution in [0, 0.1) is 0 Å². The summed E-state index contributed by atoms with van der Waals surface area (Å²) < 4.78 is 4.98. The lowest BCUT2D eigenvalue weighted by molar-refractivity contribution is -0.275. The first-order chi connectivity index (χ1) is 9.40. The monoisotopic (exact) mass is 283 g/mol. The average Bonchev–Trinajstić information content (AvgIpc) is 2.43. The average molecular weight is 283 g/mol. The number of hydrogen-bond acceptors (Lipinski definition) is 7. The first-order valence-electron chi connectivity index (χ1n) is 6.15. The standard InChI is InChI=1S/C13H17NO6/c1-6(15)7-2-4-8(5-3-7)14-12-10(17)9(16)11(18)13(19)20-12/h2-5,9-14,16-19H,1H3/t9-,10+,11+,12-,13+/m0/s1. The summed E-state index contributed by atoms with van der Waals surface area (Å²) in [7, 11) is 0. The van der Waals surface area contributed by atoms with Crippen LogP contribution in [0.5, 0.6) is 0 Å². The first kappa shape index (κ1) is 14.9. The molecule has 7 heteroatoms. The molecule has 2 rings (SSSR count). The molecule has 0 radical (unpaired) electrons. The smallest absolute Gasteiger partial charge is 0.186 e. The molecule has 0 amide bonds. The molecule has 0 spiro atoms. The van der Waals surface area contributed by atoms with Crippen molar-refractivity contribution in [3.05, 3.63) is 29.8 Å². The molecule has 1 aromatic rings. The van der Waals surface area contributed by atoms with Gasteiger partial charge in [0.25, 0.3) is 0 Å². The Kier molecular flexibility index (Phi) is 4.36. The summed E-state index contributed by atoms with van der Waals surface area (Å²) in [6.45, 7) is 1.45. The molecule has 1 aromatic carbocycles. The van der Waals surface area contributed by atoms with Crippen LogP contribution in [0.1, 0.15) is 17.3 Å². The van der Waals surface area contributed by atoms with Gasteiger partial charge in [-0.2, -0.15) is 0 Å². The third-order valence-electron chi connectivity index (χ3n) is 3.19. The number of rotatable bonds is 3. The van der Waals surface area contributed by atoms with Crippen molar-refractivity contribution in [3.63, 3.8) is 0 Å². The van der Waals surface area contributed by atoms with Crippen molar-refractivity contribution in [2.75, 3.05) is 5.32 Å². The summed E-state index contributed by atoms with van der Waals surface area (Å²) >= 11 is 0. The van der Waals surface area contributed by atoms with E-state index in [9.17, 15) is 25.2 Å². The van der Waals surface area contributed by atoms with Gasteiger partial charge in [0, 0.05) is 11.3 Å². The van der Waals surface area contributed by atoms with Gasteiger partial charge in [-0.1, -0.05) is 0 Å². The third-order valence-corrected chi connectivity index (χ3v) is 3.19. The Morgan fingerprint density at radius 3 is 2.20 bits per heavy atom. The number of anilines is 1. The number of ether oxygens (including phenoxy) is 1. The van der Waals surface area contributed by atoms with Crippen LogP contribution in [0.4, 0.5) is 5.69 Å². The second-order valence-corrected chi connectivity index (χ2v) is 4.70. The molecule has 0 saturated carbocycles. The summed E-state index contributed by atoms with van der Waals surface area (Å²) in [6, 6.07) is 6.41. The Balaban J connectivity index is 2.07. The van der Waals surface area contributed by atoms with Crippen LogP contribution in [0.3, 0.4) is 0 Å². The Labute approximate surface area is 115 Å². The second-order valence-electron chi connectivity index (χ2n) is 4.70. The number of ketones is 1. The highest BCUT2D eigenvalue weighted by molar-refractivity contribution is 5.94. The van der Waals surface area contributed by atoms with E-state index in [4.69, 9.17) is 4.74 Å². The van der Waals surface area contributed by atoms with Crippen LogP contribution in [0.25, 0.3) is 0 Å². The van der Waals surface area contributed by atoms with Gasteiger partial charge < -0.3 is 30.5 Å². The van der Waals surface area contributed by atoms with Gasteiger partial charge in [-0.15, -0.1) is 0 Å². The molecule has 5 N–H and O–H groups in total. The minimum atomic E-state index is -1.60. The minimum absolute atomic E-state index is 0.0699. The van der Waals surface area contributed by atoms with E-state index in [-0.39, 0.29) is 5.78 Å². The largest absolute Gasteiger partial charge is 0.387 e. The van der Waals surface area contributed by atoms with E-state index in [1.165, 1.54) is 6.92 Å². The predicted molar refractivity (Wildman–Crippen MR) is 69.0 cm³/mol. The molecule has 7 nitrogen and oxygen atoms in total. The van der Waals surface area contributed by atoms with E-state index in [1.807, 2.05) is 0 Å². The molecule has 20 heavy (non-hydrogen) atoms. The maximum atomic E-state index is 11.1. The number of aliphatic hydroxyl groups excluding tert-OH is 4. The van der Waals surface area contributed by atoms with Gasteiger partial charge in [-0.25, -0.2) is 0 Å². The molecule has 0 bridgehead atoms. The maximum Gasteiger partial charge on any atom is 0.186 e. The van der Waals surface area contributed by atoms with Crippen LogP contribution < -0.4 is 5.32 Å². The Morgan fingerprint density at radius 2 is 1.65 bits per heavy atom. The van der Waals surface area contributed by atoms with Crippen molar-refractivity contribution in [2.45, 2.75) is 37.8 Å². The van der Waals surface area contributed by atoms with E-state index in [0.717, 1.165) is 0 Å². The zero-order valence-corrected chi connectivity index (χ0v) is 10.8. The zero-order chi connectivity index (χ0) is 14.9. The van der Waals surface area contributed by atoms with Crippen molar-refractivity contribution in [1.82, 2.24) is 0 Å². The van der Waals surface area contributed by atoms with Crippen LogP contribution in [-0.2, 0) is 4.74 Å². The van der Waals surface area contributed by atoms with Gasteiger partial charge in [-0.05, 0) is 31.2 Å². The molecule has 1 saturated heterocycles. The number of hydrogen-bond donors (Lipinski definition) is 5. The lowest BCUT2D eigenvalue weighted by Gasteiger charge is -2.38. The Morgan fingerprint density at radius 1 is 1.05 bits per heavy atom. The van der Waals surface area contributed by atoms with Crippen molar-refractivity contribution in [1.29, 1.82) is 0 Å². The highest BCUT2D eigenvalue weighted by Gasteiger charge is 2.42. The lowest BCUT2D eigenvalue weighted by atomic mass is 10.0. The molecule has 1 aliphatic heterocycles. The van der Waals surface area contributed by atoms with Crippen molar-refractivity contribution in [2.24, 2.45) is 0 Å². The van der Waals surface area contributed by atoms with Gasteiger partial charge in [0.05, 0.1) is 0 Å². The topological polar surface area (TPSA) is 119 Å². The van der Waals surface area contributed by atoms with Gasteiger partial charge >= 0.3 is 0 Å². The second kappa shape index (κ2) is 5.86. The highest BCUT2D eigenvalue weighted by atomic mass is 16.6. The summed E-state index contributed by atoms with van der Waals surface area (Å²) in [5.74, 6) is -0.0699.